The number of rotatable bonds is 10. The van der Waals surface area contributed by atoms with E-state index in [1.54, 1.807) is 7.11 Å². The molecule has 1 fully saturated rings. The fourth-order valence-corrected chi connectivity index (χ4v) is 3.28. The van der Waals surface area contributed by atoms with E-state index in [-0.39, 0.29) is 5.91 Å². The molecule has 0 aliphatic carbocycles. The second-order valence-corrected chi connectivity index (χ2v) is 6.68. The lowest BCUT2D eigenvalue weighted by atomic mass is 10.1. The minimum atomic E-state index is 0.0696. The summed E-state index contributed by atoms with van der Waals surface area (Å²) in [4.78, 5) is 17.1. The van der Waals surface area contributed by atoms with Crippen LogP contribution < -0.4 is 10.1 Å². The molecule has 0 aromatic heterocycles. The molecule has 25 heavy (non-hydrogen) atoms. The molecular weight excluding hydrogens is 314 g/mol. The van der Waals surface area contributed by atoms with Crippen LogP contribution in [-0.4, -0.2) is 68.6 Å². The maximum absolute atomic E-state index is 12.0. The molecule has 0 bridgehead atoms. The summed E-state index contributed by atoms with van der Waals surface area (Å²) in [5.74, 6) is 0.848. The van der Waals surface area contributed by atoms with Crippen LogP contribution in [0.4, 0.5) is 0 Å². The van der Waals surface area contributed by atoms with Gasteiger partial charge in [-0.25, -0.2) is 0 Å². The predicted octanol–water partition coefficient (Wildman–Crippen LogP) is 2.16. The number of likely N-dealkylation sites (N-methyl/N-ethyl adjacent to an activating group) is 1. The molecule has 2 rings (SSSR count). The van der Waals surface area contributed by atoms with E-state index in [2.05, 4.69) is 22.0 Å². The van der Waals surface area contributed by atoms with E-state index in [4.69, 9.17) is 4.74 Å². The van der Waals surface area contributed by atoms with Crippen molar-refractivity contribution >= 4 is 5.91 Å². The van der Waals surface area contributed by atoms with Crippen molar-refractivity contribution in [3.8, 4) is 5.75 Å². The zero-order chi connectivity index (χ0) is 17.9. The van der Waals surface area contributed by atoms with Gasteiger partial charge in [0.25, 0.3) is 0 Å². The Morgan fingerprint density at radius 2 is 1.80 bits per heavy atom. The molecule has 5 nitrogen and oxygen atoms in total. The normalized spacial score (nSPS) is 15.9. The van der Waals surface area contributed by atoms with Crippen LogP contribution in [0.15, 0.2) is 24.3 Å². The zero-order valence-electron chi connectivity index (χ0n) is 15.8. The Hall–Kier alpha value is -1.59. The van der Waals surface area contributed by atoms with Crippen LogP contribution in [0, 0.1) is 0 Å². The van der Waals surface area contributed by atoms with Crippen LogP contribution in [0.25, 0.3) is 0 Å². The van der Waals surface area contributed by atoms with E-state index in [1.807, 2.05) is 24.3 Å². The minimum Gasteiger partial charge on any atom is -0.496 e. The minimum absolute atomic E-state index is 0.0696. The third-order valence-electron chi connectivity index (χ3n) is 4.93. The maximum atomic E-state index is 12.0. The first-order chi connectivity index (χ1) is 12.2. The Kier molecular flexibility index (Phi) is 8.77. The Balaban J connectivity index is 1.52. The van der Waals surface area contributed by atoms with Crippen LogP contribution in [0.3, 0.4) is 0 Å². The van der Waals surface area contributed by atoms with E-state index in [0.717, 1.165) is 24.3 Å². The molecule has 0 unspecified atom stereocenters. The van der Waals surface area contributed by atoms with Gasteiger partial charge in [0.1, 0.15) is 5.75 Å². The highest BCUT2D eigenvalue weighted by molar-refractivity contribution is 5.79. The molecule has 1 aromatic carbocycles. The van der Waals surface area contributed by atoms with Crippen molar-refractivity contribution in [2.24, 2.45) is 0 Å². The maximum Gasteiger partial charge on any atom is 0.224 e. The number of amides is 1. The van der Waals surface area contributed by atoms with Gasteiger partial charge in [0.2, 0.25) is 5.91 Å². The summed E-state index contributed by atoms with van der Waals surface area (Å²) in [5, 5.41) is 3.02. The Bertz CT molecular complexity index is 513. The predicted molar refractivity (Wildman–Crippen MR) is 102 cm³/mol. The van der Waals surface area contributed by atoms with Crippen molar-refractivity contribution in [1.82, 2.24) is 15.1 Å². The van der Waals surface area contributed by atoms with Crippen LogP contribution in [0.2, 0.25) is 0 Å². The van der Waals surface area contributed by atoms with Gasteiger partial charge in [0.15, 0.2) is 0 Å². The fraction of sp³-hybridized carbons (Fsp3) is 0.650. The Morgan fingerprint density at radius 1 is 1.08 bits per heavy atom. The second kappa shape index (κ2) is 11.1. The number of benzene rings is 1. The highest BCUT2D eigenvalue weighted by Gasteiger charge is 2.14. The number of piperazine rings is 1. The van der Waals surface area contributed by atoms with E-state index in [1.165, 1.54) is 52.1 Å². The van der Waals surface area contributed by atoms with Crippen molar-refractivity contribution in [3.05, 3.63) is 29.8 Å². The van der Waals surface area contributed by atoms with Gasteiger partial charge in [0, 0.05) is 38.3 Å². The van der Waals surface area contributed by atoms with Gasteiger partial charge in [-0.15, -0.1) is 0 Å². The van der Waals surface area contributed by atoms with Gasteiger partial charge in [0.05, 0.1) is 13.5 Å². The second-order valence-electron chi connectivity index (χ2n) is 6.68. The zero-order valence-corrected chi connectivity index (χ0v) is 15.8. The van der Waals surface area contributed by atoms with Gasteiger partial charge in [-0.3, -0.25) is 4.79 Å². The lowest BCUT2D eigenvalue weighted by molar-refractivity contribution is -0.120. The highest BCUT2D eigenvalue weighted by atomic mass is 16.5. The van der Waals surface area contributed by atoms with Gasteiger partial charge < -0.3 is 19.9 Å². The van der Waals surface area contributed by atoms with Crippen LogP contribution in [0.1, 0.15) is 31.7 Å². The molecule has 1 N–H and O–H groups in total. The van der Waals surface area contributed by atoms with Gasteiger partial charge >= 0.3 is 0 Å². The summed E-state index contributed by atoms with van der Waals surface area (Å²) in [7, 11) is 1.64. The van der Waals surface area contributed by atoms with Crippen LogP contribution >= 0.6 is 0 Å². The molecule has 0 radical (unpaired) electrons. The number of carbonyl (C=O) groups excluding carboxylic acids is 1. The smallest absolute Gasteiger partial charge is 0.224 e. The highest BCUT2D eigenvalue weighted by Crippen LogP contribution is 2.17. The van der Waals surface area contributed by atoms with Crippen LogP contribution in [-0.2, 0) is 11.2 Å². The Labute approximate surface area is 152 Å². The molecule has 1 amide bonds. The first-order valence-electron chi connectivity index (χ1n) is 9.56. The monoisotopic (exact) mass is 347 g/mol. The number of carbonyl (C=O) groups is 1. The molecule has 1 heterocycles. The number of hydrogen-bond acceptors (Lipinski definition) is 4. The van der Waals surface area contributed by atoms with Crippen LogP contribution in [0.5, 0.6) is 5.75 Å². The van der Waals surface area contributed by atoms with Crippen molar-refractivity contribution < 1.29 is 9.53 Å². The van der Waals surface area contributed by atoms with E-state index in [9.17, 15) is 4.79 Å². The van der Waals surface area contributed by atoms with Crippen molar-refractivity contribution in [1.29, 1.82) is 0 Å². The van der Waals surface area contributed by atoms with E-state index in [0.29, 0.717) is 6.42 Å². The van der Waals surface area contributed by atoms with Crippen molar-refractivity contribution in [3.63, 3.8) is 0 Å². The summed E-state index contributed by atoms with van der Waals surface area (Å²) in [6.45, 7) is 10.2. The molecule has 1 aliphatic rings. The van der Waals surface area contributed by atoms with Gasteiger partial charge in [-0.1, -0.05) is 31.5 Å². The number of ether oxygens (including phenoxy) is 1. The number of para-hydroxylation sites is 1. The Morgan fingerprint density at radius 3 is 2.52 bits per heavy atom. The summed E-state index contributed by atoms with van der Waals surface area (Å²) in [6, 6.07) is 7.69. The third kappa shape index (κ3) is 7.04. The lowest BCUT2D eigenvalue weighted by Gasteiger charge is -2.33. The summed E-state index contributed by atoms with van der Waals surface area (Å²) in [6.07, 6.45) is 3.82. The van der Waals surface area contributed by atoms with E-state index < -0.39 is 0 Å². The summed E-state index contributed by atoms with van der Waals surface area (Å²) in [5.41, 5.74) is 0.939. The topological polar surface area (TPSA) is 44.8 Å². The summed E-state index contributed by atoms with van der Waals surface area (Å²) < 4.78 is 5.29. The van der Waals surface area contributed by atoms with Gasteiger partial charge in [-0.05, 0) is 32.0 Å². The summed E-state index contributed by atoms with van der Waals surface area (Å²) >= 11 is 0. The number of nitrogens with one attached hydrogen (secondary N) is 1. The number of methoxy groups -OCH3 is 1. The first kappa shape index (κ1) is 19.7. The SMILES string of the molecule is CCN1CCN(CCCCCNC(=O)Cc2ccccc2OC)CC1. The largest absolute Gasteiger partial charge is 0.496 e. The quantitative estimate of drug-likeness (QED) is 0.659. The average molecular weight is 348 g/mol. The number of unbranched alkanes of at least 4 members (excludes halogenated alkanes) is 2. The third-order valence-corrected chi connectivity index (χ3v) is 4.93. The first-order valence-corrected chi connectivity index (χ1v) is 9.56. The molecule has 1 saturated heterocycles. The number of hydrogen-bond donors (Lipinski definition) is 1. The van der Waals surface area contributed by atoms with E-state index >= 15 is 0 Å². The molecule has 0 spiro atoms. The standard InChI is InChI=1S/C20H33N3O2/c1-3-22-13-15-23(16-14-22)12-8-4-7-11-21-20(24)17-18-9-5-6-10-19(18)25-2/h5-6,9-10H,3-4,7-8,11-17H2,1-2H3,(H,21,24). The molecule has 0 saturated carbocycles. The molecule has 140 valence electrons. The molecular formula is C20H33N3O2. The van der Waals surface area contributed by atoms with Crippen molar-refractivity contribution in [2.75, 3.05) is 52.9 Å². The average Bonchev–Trinajstić information content (AvgIpc) is 2.65. The molecule has 1 aromatic rings. The number of nitrogens with zero attached hydrogens (tertiary/aromatic N) is 2. The van der Waals surface area contributed by atoms with Crippen molar-refractivity contribution in [2.45, 2.75) is 32.6 Å². The molecule has 0 atom stereocenters. The molecule has 1 aliphatic heterocycles. The van der Waals surface area contributed by atoms with Gasteiger partial charge in [-0.2, -0.15) is 0 Å². The fourth-order valence-electron chi connectivity index (χ4n) is 3.28. The molecule has 5 heteroatoms. The lowest BCUT2D eigenvalue weighted by Crippen LogP contribution is -2.46.